The highest BCUT2D eigenvalue weighted by Crippen LogP contribution is 2.41. The molecule has 12 heteroatoms. The number of nitrogens with zero attached hydrogens (tertiary/aromatic N) is 4. The third-order valence-electron chi connectivity index (χ3n) is 5.46. The van der Waals surface area contributed by atoms with E-state index in [9.17, 15) is 12.8 Å². The molecule has 0 fully saturated rings. The Kier molecular flexibility index (Phi) is 5.54. The maximum Gasteiger partial charge on any atom is 0.261 e. The molecule has 0 bridgehead atoms. The number of pyridine rings is 2. The second-order valence-corrected chi connectivity index (χ2v) is 9.32. The Bertz CT molecular complexity index is 1470. The Hall–Kier alpha value is -3.77. The molecule has 176 valence electrons. The van der Waals surface area contributed by atoms with Crippen LogP contribution in [0.5, 0.6) is 11.5 Å². The molecule has 2 N–H and O–H groups in total. The molecule has 1 atom stereocenters. The van der Waals surface area contributed by atoms with Crippen LogP contribution in [-0.4, -0.2) is 52.0 Å². The van der Waals surface area contributed by atoms with E-state index in [1.807, 2.05) is 28.7 Å². The molecule has 10 nitrogen and oxygen atoms in total. The lowest BCUT2D eigenvalue weighted by atomic mass is 9.96. The van der Waals surface area contributed by atoms with Gasteiger partial charge in [-0.2, -0.15) is 8.42 Å². The first-order valence-corrected chi connectivity index (χ1v) is 12.2. The molecular weight excluding hydrogens is 465 g/mol. The number of anilines is 1. The molecule has 0 saturated heterocycles. The van der Waals surface area contributed by atoms with E-state index in [0.717, 1.165) is 22.6 Å². The fraction of sp³-hybridized carbons (Fsp3) is 0.227. The van der Waals surface area contributed by atoms with Gasteiger partial charge in [0.05, 0.1) is 31.1 Å². The quantitative estimate of drug-likeness (QED) is 0.391. The van der Waals surface area contributed by atoms with Crippen LogP contribution >= 0.6 is 0 Å². The van der Waals surface area contributed by atoms with Gasteiger partial charge in [-0.1, -0.05) is 6.07 Å². The van der Waals surface area contributed by atoms with Crippen molar-refractivity contribution in [2.24, 2.45) is 0 Å². The standard InChI is InChI=1S/C21H16FN5O2.CH4O3S/c22-15-4-5-17-19-12(9-28-17)10-29-18-7-13(16-3-1-2-6-23-16)20-26-25-11-27(20)21(18)24-8-14(15)19;1-5(2,3)4/h1-7,11-12,24H,8-10H2;1H3,(H,2,3,4)/t12-;/m0./s1. The Morgan fingerprint density at radius 1 is 1.18 bits per heavy atom. The number of benzene rings is 1. The molecule has 1 aromatic carbocycles. The number of nitrogens with one attached hydrogen (secondary N) is 1. The van der Waals surface area contributed by atoms with Gasteiger partial charge in [-0.05, 0) is 30.3 Å². The zero-order valence-electron chi connectivity index (χ0n) is 18.0. The molecule has 2 aliphatic rings. The van der Waals surface area contributed by atoms with Gasteiger partial charge in [0.15, 0.2) is 17.2 Å². The number of hydrogen-bond donors (Lipinski definition) is 2. The normalized spacial score (nSPS) is 16.4. The SMILES string of the molecule is CS(=O)(=O)O.Fc1ccc2c3c1CNc1c(cc(-c4ccccn4)c4nncn14)OC[C@@H]3CO2. The lowest BCUT2D eigenvalue weighted by molar-refractivity contribution is 0.249. The van der Waals surface area contributed by atoms with Gasteiger partial charge < -0.3 is 14.8 Å². The van der Waals surface area contributed by atoms with E-state index in [0.29, 0.717) is 48.8 Å². The first kappa shape index (κ1) is 22.0. The topological polar surface area (TPSA) is 128 Å². The van der Waals surface area contributed by atoms with Gasteiger partial charge in [0.1, 0.15) is 17.9 Å². The van der Waals surface area contributed by atoms with Crippen molar-refractivity contribution < 1.29 is 26.8 Å². The molecule has 5 heterocycles. The van der Waals surface area contributed by atoms with E-state index in [2.05, 4.69) is 20.5 Å². The zero-order chi connectivity index (χ0) is 23.9. The highest BCUT2D eigenvalue weighted by Gasteiger charge is 2.31. The molecular formula is C22H20FN5O5S. The summed E-state index contributed by atoms with van der Waals surface area (Å²) in [5, 5.41) is 11.7. The second kappa shape index (κ2) is 8.54. The van der Waals surface area contributed by atoms with Crippen molar-refractivity contribution in [2.45, 2.75) is 12.5 Å². The summed E-state index contributed by atoms with van der Waals surface area (Å²) >= 11 is 0. The average molecular weight is 485 g/mol. The number of ether oxygens (including phenoxy) is 2. The Morgan fingerprint density at radius 2 is 1.94 bits per heavy atom. The third kappa shape index (κ3) is 4.24. The predicted molar refractivity (Wildman–Crippen MR) is 121 cm³/mol. The molecule has 34 heavy (non-hydrogen) atoms. The third-order valence-corrected chi connectivity index (χ3v) is 5.46. The number of rotatable bonds is 1. The summed E-state index contributed by atoms with van der Waals surface area (Å²) < 4.78 is 54.3. The van der Waals surface area contributed by atoms with E-state index in [1.54, 1.807) is 18.6 Å². The highest BCUT2D eigenvalue weighted by atomic mass is 32.2. The average Bonchev–Trinajstić information content (AvgIpc) is 3.44. The highest BCUT2D eigenvalue weighted by molar-refractivity contribution is 7.85. The van der Waals surface area contributed by atoms with E-state index < -0.39 is 10.1 Å². The lowest BCUT2D eigenvalue weighted by Crippen LogP contribution is -2.13. The van der Waals surface area contributed by atoms with E-state index >= 15 is 0 Å². The molecule has 0 unspecified atom stereocenters. The smallest absolute Gasteiger partial charge is 0.261 e. The minimum Gasteiger partial charge on any atom is -0.493 e. The first-order chi connectivity index (χ1) is 16.3. The summed E-state index contributed by atoms with van der Waals surface area (Å²) in [6.07, 6.45) is 4.07. The van der Waals surface area contributed by atoms with Gasteiger partial charge in [0, 0.05) is 29.4 Å². The van der Waals surface area contributed by atoms with Crippen molar-refractivity contribution in [3.8, 4) is 22.8 Å². The van der Waals surface area contributed by atoms with Gasteiger partial charge in [-0.3, -0.25) is 13.9 Å². The van der Waals surface area contributed by atoms with Crippen molar-refractivity contribution in [2.75, 3.05) is 24.8 Å². The number of halogens is 1. The summed E-state index contributed by atoms with van der Waals surface area (Å²) in [4.78, 5) is 4.44. The molecule has 0 saturated carbocycles. The molecule has 0 aliphatic carbocycles. The van der Waals surface area contributed by atoms with Crippen molar-refractivity contribution in [3.63, 3.8) is 0 Å². The van der Waals surface area contributed by atoms with Crippen LogP contribution in [0.1, 0.15) is 17.0 Å². The Labute approximate surface area is 194 Å². The van der Waals surface area contributed by atoms with E-state index in [-0.39, 0.29) is 11.7 Å². The minimum atomic E-state index is -3.67. The van der Waals surface area contributed by atoms with Crippen LogP contribution in [0.4, 0.5) is 10.2 Å². The van der Waals surface area contributed by atoms with Crippen molar-refractivity contribution in [1.29, 1.82) is 0 Å². The fourth-order valence-corrected chi connectivity index (χ4v) is 4.10. The van der Waals surface area contributed by atoms with Gasteiger partial charge in [0.25, 0.3) is 10.1 Å². The maximum absolute atomic E-state index is 14.6. The molecule has 2 aliphatic heterocycles. The number of fused-ring (bicyclic) bond motifs is 3. The molecule has 4 aromatic rings. The summed E-state index contributed by atoms with van der Waals surface area (Å²) in [7, 11) is -3.67. The Morgan fingerprint density at radius 3 is 2.68 bits per heavy atom. The molecule has 0 spiro atoms. The van der Waals surface area contributed by atoms with E-state index in [1.165, 1.54) is 6.07 Å². The van der Waals surface area contributed by atoms with Gasteiger partial charge >= 0.3 is 0 Å². The van der Waals surface area contributed by atoms with Crippen molar-refractivity contribution >= 4 is 21.6 Å². The number of hydrogen-bond acceptors (Lipinski definition) is 8. The van der Waals surface area contributed by atoms with Crippen LogP contribution in [0.2, 0.25) is 0 Å². The maximum atomic E-state index is 14.6. The summed E-state index contributed by atoms with van der Waals surface area (Å²) in [6.45, 7) is 1.16. The molecule has 3 aromatic heterocycles. The van der Waals surface area contributed by atoms with Gasteiger partial charge in [-0.25, -0.2) is 4.39 Å². The fourth-order valence-electron chi connectivity index (χ4n) is 4.10. The van der Waals surface area contributed by atoms with Gasteiger partial charge in [-0.15, -0.1) is 10.2 Å². The second-order valence-electron chi connectivity index (χ2n) is 7.85. The lowest BCUT2D eigenvalue weighted by Gasteiger charge is -2.16. The van der Waals surface area contributed by atoms with Crippen LogP contribution in [0, 0.1) is 5.82 Å². The first-order valence-electron chi connectivity index (χ1n) is 10.3. The largest absolute Gasteiger partial charge is 0.493 e. The van der Waals surface area contributed by atoms with Crippen LogP contribution in [0.3, 0.4) is 0 Å². The van der Waals surface area contributed by atoms with Crippen LogP contribution in [0.25, 0.3) is 16.9 Å². The van der Waals surface area contributed by atoms with Crippen LogP contribution in [-0.2, 0) is 16.7 Å². The molecule has 0 radical (unpaired) electrons. The van der Waals surface area contributed by atoms with Crippen LogP contribution in [0.15, 0.2) is 48.9 Å². The molecule has 0 amide bonds. The summed E-state index contributed by atoms with van der Waals surface area (Å²) in [6, 6.07) is 10.8. The summed E-state index contributed by atoms with van der Waals surface area (Å²) in [5.41, 5.74) is 3.73. The van der Waals surface area contributed by atoms with Crippen molar-refractivity contribution in [1.82, 2.24) is 19.6 Å². The molecule has 6 rings (SSSR count). The summed E-state index contributed by atoms with van der Waals surface area (Å²) in [5.74, 6) is 1.77. The van der Waals surface area contributed by atoms with Crippen LogP contribution < -0.4 is 14.8 Å². The number of aromatic nitrogens is 4. The predicted octanol–water partition coefficient (Wildman–Crippen LogP) is 2.91. The monoisotopic (exact) mass is 485 g/mol. The van der Waals surface area contributed by atoms with Gasteiger partial charge in [0.2, 0.25) is 0 Å². The minimum absolute atomic E-state index is 0.0293. The zero-order valence-corrected chi connectivity index (χ0v) is 18.8. The van der Waals surface area contributed by atoms with E-state index in [4.69, 9.17) is 14.0 Å². The Balaban J connectivity index is 0.000000439. The van der Waals surface area contributed by atoms with Crippen molar-refractivity contribution in [3.05, 3.63) is 65.9 Å².